The Bertz CT molecular complexity index is 777. The number of aryl methyl sites for hydroxylation is 1. The minimum atomic E-state index is -0.961. The van der Waals surface area contributed by atoms with E-state index in [0.29, 0.717) is 23.4 Å². The van der Waals surface area contributed by atoms with Gasteiger partial charge in [-0.2, -0.15) is 0 Å². The lowest BCUT2D eigenvalue weighted by atomic mass is 9.82. The Morgan fingerprint density at radius 3 is 2.33 bits per heavy atom. The SMILES string of the molecule is Cc1sc(NC(=O)[C@@H]2CC=CC[C@@H]2C(=O)O)c(C(=O)NC2CCCC2)c1C. The molecule has 1 aromatic rings. The van der Waals surface area contributed by atoms with Gasteiger partial charge in [0.25, 0.3) is 5.91 Å². The summed E-state index contributed by atoms with van der Waals surface area (Å²) in [6.07, 6.45) is 8.64. The van der Waals surface area contributed by atoms with Crippen LogP contribution in [0.15, 0.2) is 12.2 Å². The number of allylic oxidation sites excluding steroid dienone is 2. The second-order valence-electron chi connectivity index (χ2n) is 7.43. The Balaban J connectivity index is 1.79. The molecule has 3 N–H and O–H groups in total. The third-order valence-electron chi connectivity index (χ3n) is 5.63. The van der Waals surface area contributed by atoms with Gasteiger partial charge in [-0.3, -0.25) is 14.4 Å². The van der Waals surface area contributed by atoms with Crippen molar-refractivity contribution in [3.63, 3.8) is 0 Å². The fraction of sp³-hybridized carbons (Fsp3) is 0.550. The Labute approximate surface area is 163 Å². The summed E-state index contributed by atoms with van der Waals surface area (Å²) in [5.41, 5.74) is 1.38. The molecule has 0 bridgehead atoms. The highest BCUT2D eigenvalue weighted by atomic mass is 32.1. The summed E-state index contributed by atoms with van der Waals surface area (Å²) in [4.78, 5) is 38.1. The Morgan fingerprint density at radius 1 is 1.07 bits per heavy atom. The second-order valence-corrected chi connectivity index (χ2v) is 8.65. The van der Waals surface area contributed by atoms with Gasteiger partial charge in [0, 0.05) is 10.9 Å². The van der Waals surface area contributed by atoms with Gasteiger partial charge in [-0.15, -0.1) is 11.3 Å². The quantitative estimate of drug-likeness (QED) is 0.669. The summed E-state index contributed by atoms with van der Waals surface area (Å²) in [6.45, 7) is 3.81. The topological polar surface area (TPSA) is 95.5 Å². The molecule has 0 saturated heterocycles. The molecule has 2 atom stereocenters. The van der Waals surface area contributed by atoms with Crippen LogP contribution in [0.4, 0.5) is 5.00 Å². The van der Waals surface area contributed by atoms with Crippen LogP contribution in [0.1, 0.15) is 59.3 Å². The number of rotatable bonds is 5. The van der Waals surface area contributed by atoms with E-state index in [2.05, 4.69) is 10.6 Å². The van der Waals surface area contributed by atoms with Gasteiger partial charge < -0.3 is 15.7 Å². The molecule has 2 aliphatic carbocycles. The standard InChI is InChI=1S/C20H26N2O4S/c1-11-12(2)27-19(16(11)18(24)21-13-7-3-4-8-13)22-17(23)14-9-5-6-10-15(14)20(25)26/h5-6,13-15H,3-4,7-10H2,1-2H3,(H,21,24)(H,22,23)(H,25,26)/t14-,15+/m1/s1. The number of carboxylic acids is 1. The van der Waals surface area contributed by atoms with Crippen LogP contribution in [0, 0.1) is 25.7 Å². The average molecular weight is 391 g/mol. The number of carbonyl (C=O) groups is 3. The highest BCUT2D eigenvalue weighted by Crippen LogP contribution is 2.35. The number of amides is 2. The van der Waals surface area contributed by atoms with Crippen molar-refractivity contribution in [3.05, 3.63) is 28.2 Å². The molecule has 146 valence electrons. The molecule has 2 aliphatic rings. The lowest BCUT2D eigenvalue weighted by Crippen LogP contribution is -2.36. The summed E-state index contributed by atoms with van der Waals surface area (Å²) < 4.78 is 0. The molecule has 0 aromatic carbocycles. The number of nitrogens with one attached hydrogen (secondary N) is 2. The van der Waals surface area contributed by atoms with E-state index in [4.69, 9.17) is 0 Å². The number of anilines is 1. The molecule has 0 spiro atoms. The number of aliphatic carboxylic acids is 1. The molecule has 2 amide bonds. The first-order valence-electron chi connectivity index (χ1n) is 9.48. The largest absolute Gasteiger partial charge is 0.481 e. The summed E-state index contributed by atoms with van der Waals surface area (Å²) in [6, 6.07) is 0.195. The molecule has 3 rings (SSSR count). The number of thiophene rings is 1. The molecule has 7 heteroatoms. The van der Waals surface area contributed by atoms with Crippen molar-refractivity contribution >= 4 is 34.1 Å². The van der Waals surface area contributed by atoms with E-state index in [1.54, 1.807) is 0 Å². The molecule has 1 saturated carbocycles. The van der Waals surface area contributed by atoms with Gasteiger partial charge in [0.1, 0.15) is 5.00 Å². The van der Waals surface area contributed by atoms with Crippen molar-refractivity contribution < 1.29 is 19.5 Å². The maximum atomic E-state index is 12.8. The van der Waals surface area contributed by atoms with Gasteiger partial charge in [-0.25, -0.2) is 0 Å². The fourth-order valence-corrected chi connectivity index (χ4v) is 4.96. The molecule has 27 heavy (non-hydrogen) atoms. The van der Waals surface area contributed by atoms with E-state index in [0.717, 1.165) is 36.1 Å². The van der Waals surface area contributed by atoms with E-state index in [1.165, 1.54) is 11.3 Å². The lowest BCUT2D eigenvalue weighted by Gasteiger charge is -2.24. The maximum absolute atomic E-state index is 12.8. The fourth-order valence-electron chi connectivity index (χ4n) is 3.90. The molecule has 0 unspecified atom stereocenters. The molecule has 1 aromatic heterocycles. The lowest BCUT2D eigenvalue weighted by molar-refractivity contribution is -0.146. The molecular weight excluding hydrogens is 364 g/mol. The highest BCUT2D eigenvalue weighted by molar-refractivity contribution is 7.16. The minimum absolute atomic E-state index is 0.155. The zero-order valence-corrected chi connectivity index (χ0v) is 16.5. The van der Waals surface area contributed by atoms with E-state index in [-0.39, 0.29) is 17.9 Å². The van der Waals surface area contributed by atoms with Crippen molar-refractivity contribution in [2.75, 3.05) is 5.32 Å². The monoisotopic (exact) mass is 390 g/mol. The van der Waals surface area contributed by atoms with E-state index >= 15 is 0 Å². The zero-order valence-electron chi connectivity index (χ0n) is 15.7. The predicted octanol–water partition coefficient (Wildman–Crippen LogP) is 3.64. The van der Waals surface area contributed by atoms with Crippen LogP contribution in [0.3, 0.4) is 0 Å². The van der Waals surface area contributed by atoms with Crippen LogP contribution in [-0.2, 0) is 9.59 Å². The molecule has 6 nitrogen and oxygen atoms in total. The first-order chi connectivity index (χ1) is 12.9. The molecule has 0 radical (unpaired) electrons. The van der Waals surface area contributed by atoms with Gasteiger partial charge in [-0.05, 0) is 45.1 Å². The van der Waals surface area contributed by atoms with Crippen LogP contribution >= 0.6 is 11.3 Å². The number of carbonyl (C=O) groups excluding carboxylic acids is 2. The van der Waals surface area contributed by atoms with Crippen LogP contribution in [0.5, 0.6) is 0 Å². The predicted molar refractivity (Wildman–Crippen MR) is 105 cm³/mol. The van der Waals surface area contributed by atoms with Crippen LogP contribution in [0.2, 0.25) is 0 Å². The first-order valence-corrected chi connectivity index (χ1v) is 10.3. The smallest absolute Gasteiger partial charge is 0.307 e. The van der Waals surface area contributed by atoms with E-state index in [9.17, 15) is 19.5 Å². The van der Waals surface area contributed by atoms with Crippen LogP contribution < -0.4 is 10.6 Å². The van der Waals surface area contributed by atoms with Crippen LogP contribution in [0.25, 0.3) is 0 Å². The summed E-state index contributed by atoms with van der Waals surface area (Å²) in [5.74, 6) is -2.80. The van der Waals surface area contributed by atoms with Gasteiger partial charge in [0.2, 0.25) is 5.91 Å². The van der Waals surface area contributed by atoms with Crippen molar-refractivity contribution in [2.45, 2.75) is 58.4 Å². The number of hydrogen-bond donors (Lipinski definition) is 3. The van der Waals surface area contributed by atoms with Crippen molar-refractivity contribution in [2.24, 2.45) is 11.8 Å². The molecular formula is C20H26N2O4S. The van der Waals surface area contributed by atoms with Gasteiger partial charge in [0.05, 0.1) is 17.4 Å². The minimum Gasteiger partial charge on any atom is -0.481 e. The Hall–Kier alpha value is -2.15. The van der Waals surface area contributed by atoms with E-state index in [1.807, 2.05) is 26.0 Å². The third-order valence-corrected chi connectivity index (χ3v) is 6.75. The summed E-state index contributed by atoms with van der Waals surface area (Å²) >= 11 is 1.37. The third kappa shape index (κ3) is 4.24. The molecule has 1 fully saturated rings. The zero-order chi connectivity index (χ0) is 19.6. The van der Waals surface area contributed by atoms with Crippen LogP contribution in [-0.4, -0.2) is 28.9 Å². The first kappa shape index (κ1) is 19.6. The van der Waals surface area contributed by atoms with Crippen molar-refractivity contribution in [1.29, 1.82) is 0 Å². The Kier molecular flexibility index (Phi) is 5.99. The molecule has 1 heterocycles. The van der Waals surface area contributed by atoms with Gasteiger partial charge in [-0.1, -0.05) is 25.0 Å². The van der Waals surface area contributed by atoms with Crippen molar-refractivity contribution in [3.8, 4) is 0 Å². The number of hydrogen-bond acceptors (Lipinski definition) is 4. The average Bonchev–Trinajstić information content (AvgIpc) is 3.23. The van der Waals surface area contributed by atoms with Gasteiger partial charge >= 0.3 is 5.97 Å². The summed E-state index contributed by atoms with van der Waals surface area (Å²) in [5, 5.41) is 15.9. The highest BCUT2D eigenvalue weighted by Gasteiger charge is 2.35. The molecule has 0 aliphatic heterocycles. The van der Waals surface area contributed by atoms with E-state index < -0.39 is 17.8 Å². The maximum Gasteiger partial charge on any atom is 0.307 e. The van der Waals surface area contributed by atoms with Gasteiger partial charge in [0.15, 0.2) is 0 Å². The second kappa shape index (κ2) is 8.25. The number of carboxylic acid groups (broad SMARTS) is 1. The Morgan fingerprint density at radius 2 is 1.70 bits per heavy atom. The van der Waals surface area contributed by atoms with Crippen molar-refractivity contribution in [1.82, 2.24) is 5.32 Å². The normalized spacial score (nSPS) is 22.6. The summed E-state index contributed by atoms with van der Waals surface area (Å²) in [7, 11) is 0.